The third-order valence-electron chi connectivity index (χ3n) is 4.18. The first-order valence-electron chi connectivity index (χ1n) is 8.57. The number of halogens is 2. The summed E-state index contributed by atoms with van der Waals surface area (Å²) in [7, 11) is -2.49. The number of amides is 1. The molecule has 1 N–H and O–H groups in total. The predicted molar refractivity (Wildman–Crippen MR) is 105 cm³/mol. The van der Waals surface area contributed by atoms with Crippen LogP contribution in [0.1, 0.15) is 25.5 Å². The number of methoxy groups -OCH3 is 1. The molecule has 1 amide bonds. The summed E-state index contributed by atoms with van der Waals surface area (Å²) in [5.74, 6) is -0.486. The molecule has 0 heterocycles. The van der Waals surface area contributed by atoms with E-state index in [0.29, 0.717) is 11.3 Å². The molecule has 28 heavy (non-hydrogen) atoms. The fourth-order valence-corrected chi connectivity index (χ4v) is 4.36. The Morgan fingerprint density at radius 1 is 1.25 bits per heavy atom. The number of ether oxygens (including phenoxy) is 1. The van der Waals surface area contributed by atoms with Gasteiger partial charge in [-0.3, -0.25) is 4.79 Å². The van der Waals surface area contributed by atoms with Crippen molar-refractivity contribution >= 4 is 27.5 Å². The zero-order chi connectivity index (χ0) is 20.9. The first-order valence-corrected chi connectivity index (χ1v) is 10.4. The Balaban J connectivity index is 2.12. The van der Waals surface area contributed by atoms with Crippen molar-refractivity contribution < 1.29 is 22.3 Å². The molecule has 0 radical (unpaired) electrons. The smallest absolute Gasteiger partial charge is 0.243 e. The van der Waals surface area contributed by atoms with Crippen LogP contribution in [0, 0.1) is 5.82 Å². The summed E-state index contributed by atoms with van der Waals surface area (Å²) < 4.78 is 44.8. The second-order valence-corrected chi connectivity index (χ2v) is 8.41. The van der Waals surface area contributed by atoms with Crippen molar-refractivity contribution in [2.24, 2.45) is 0 Å². The second-order valence-electron chi connectivity index (χ2n) is 6.07. The highest BCUT2D eigenvalue weighted by molar-refractivity contribution is 7.89. The van der Waals surface area contributed by atoms with E-state index in [4.69, 9.17) is 16.3 Å². The van der Waals surface area contributed by atoms with Crippen LogP contribution < -0.4 is 10.1 Å². The summed E-state index contributed by atoms with van der Waals surface area (Å²) in [4.78, 5) is 12.3. The zero-order valence-electron chi connectivity index (χ0n) is 15.8. The third kappa shape index (κ3) is 5.21. The molecule has 0 saturated heterocycles. The molecule has 0 aliphatic rings. The van der Waals surface area contributed by atoms with Gasteiger partial charge in [0, 0.05) is 6.54 Å². The van der Waals surface area contributed by atoms with Gasteiger partial charge in [0.25, 0.3) is 0 Å². The molecule has 2 aromatic rings. The summed E-state index contributed by atoms with van der Waals surface area (Å²) in [5, 5.41) is 2.88. The molecule has 1 atom stereocenters. The van der Waals surface area contributed by atoms with Crippen LogP contribution in [0.3, 0.4) is 0 Å². The average molecular weight is 429 g/mol. The van der Waals surface area contributed by atoms with Crippen LogP contribution in [0.15, 0.2) is 47.4 Å². The molecule has 0 aliphatic heterocycles. The van der Waals surface area contributed by atoms with E-state index in [1.807, 2.05) is 0 Å². The Morgan fingerprint density at radius 3 is 2.43 bits per heavy atom. The van der Waals surface area contributed by atoms with Crippen molar-refractivity contribution in [2.45, 2.75) is 24.8 Å². The molecule has 0 fully saturated rings. The van der Waals surface area contributed by atoms with Gasteiger partial charge in [0.1, 0.15) is 11.6 Å². The van der Waals surface area contributed by atoms with Gasteiger partial charge in [-0.2, -0.15) is 4.31 Å². The number of nitrogens with one attached hydrogen (secondary N) is 1. The molecule has 9 heteroatoms. The van der Waals surface area contributed by atoms with E-state index < -0.39 is 22.0 Å². The minimum atomic E-state index is -3.92. The molecular weight excluding hydrogens is 407 g/mol. The van der Waals surface area contributed by atoms with Gasteiger partial charge in [-0.1, -0.05) is 30.7 Å². The van der Waals surface area contributed by atoms with E-state index in [2.05, 4.69) is 5.32 Å². The van der Waals surface area contributed by atoms with E-state index in [1.165, 1.54) is 37.4 Å². The van der Waals surface area contributed by atoms with Gasteiger partial charge in [-0.15, -0.1) is 0 Å². The quantitative estimate of drug-likeness (QED) is 0.699. The number of hydrogen-bond acceptors (Lipinski definition) is 4. The minimum Gasteiger partial charge on any atom is -0.495 e. The van der Waals surface area contributed by atoms with Gasteiger partial charge in [0.15, 0.2) is 0 Å². The number of carbonyl (C=O) groups is 1. The summed E-state index contributed by atoms with van der Waals surface area (Å²) in [6, 6.07) is 9.45. The molecule has 0 aliphatic carbocycles. The fraction of sp³-hybridized carbons (Fsp3) is 0.316. The van der Waals surface area contributed by atoms with Crippen LogP contribution in [-0.4, -0.2) is 38.8 Å². The molecule has 6 nitrogen and oxygen atoms in total. The van der Waals surface area contributed by atoms with Gasteiger partial charge in [-0.25, -0.2) is 12.8 Å². The van der Waals surface area contributed by atoms with Crippen molar-refractivity contribution in [1.29, 1.82) is 0 Å². The van der Waals surface area contributed by atoms with Crippen molar-refractivity contribution in [3.8, 4) is 5.75 Å². The maximum atomic E-state index is 13.0. The molecule has 0 saturated carbocycles. The Hall–Kier alpha value is -2.16. The van der Waals surface area contributed by atoms with Crippen molar-refractivity contribution in [3.63, 3.8) is 0 Å². The van der Waals surface area contributed by atoms with Crippen LogP contribution in [0.5, 0.6) is 5.75 Å². The monoisotopic (exact) mass is 428 g/mol. The van der Waals surface area contributed by atoms with Crippen molar-refractivity contribution in [3.05, 3.63) is 58.9 Å². The molecule has 0 unspecified atom stereocenters. The summed E-state index contributed by atoms with van der Waals surface area (Å²) >= 11 is 6.02. The topological polar surface area (TPSA) is 75.7 Å². The van der Waals surface area contributed by atoms with Crippen molar-refractivity contribution in [1.82, 2.24) is 9.62 Å². The van der Waals surface area contributed by atoms with Crippen molar-refractivity contribution in [2.75, 3.05) is 20.2 Å². The Morgan fingerprint density at radius 2 is 1.89 bits per heavy atom. The van der Waals surface area contributed by atoms with Gasteiger partial charge in [0.2, 0.25) is 15.9 Å². The standard InChI is InChI=1S/C19H22ClFN2O4S/c1-4-23(28(25,26)16-9-10-18(27-3)17(20)11-16)12-19(24)22-13(2)14-5-7-15(21)8-6-14/h5-11,13H,4,12H2,1-3H3,(H,22,24)/t13-/m0/s1. The lowest BCUT2D eigenvalue weighted by Gasteiger charge is -2.22. The Kier molecular flexibility index (Phi) is 7.40. The number of likely N-dealkylation sites (N-methyl/N-ethyl adjacent to an activating group) is 1. The molecule has 2 rings (SSSR count). The van der Waals surface area contributed by atoms with E-state index >= 15 is 0 Å². The maximum absolute atomic E-state index is 13.0. The van der Waals surface area contributed by atoms with Gasteiger partial charge >= 0.3 is 0 Å². The summed E-state index contributed by atoms with van der Waals surface area (Å²) in [6.45, 7) is 3.12. The van der Waals surface area contributed by atoms with E-state index in [-0.39, 0.29) is 28.8 Å². The number of carbonyl (C=O) groups excluding carboxylic acids is 1. The lowest BCUT2D eigenvalue weighted by atomic mass is 10.1. The summed E-state index contributed by atoms with van der Waals surface area (Å²) in [5.41, 5.74) is 0.711. The zero-order valence-corrected chi connectivity index (χ0v) is 17.3. The van der Waals surface area contributed by atoms with Gasteiger partial charge < -0.3 is 10.1 Å². The average Bonchev–Trinajstić information content (AvgIpc) is 2.66. The predicted octanol–water partition coefficient (Wildman–Crippen LogP) is 3.38. The minimum absolute atomic E-state index is 0.0282. The SMILES string of the molecule is CCN(CC(=O)N[C@@H](C)c1ccc(F)cc1)S(=O)(=O)c1ccc(OC)c(Cl)c1. The number of benzene rings is 2. The van der Waals surface area contributed by atoms with E-state index in [1.54, 1.807) is 26.0 Å². The summed E-state index contributed by atoms with van der Waals surface area (Å²) in [6.07, 6.45) is 0. The van der Waals surface area contributed by atoms with Crippen LogP contribution in [-0.2, 0) is 14.8 Å². The van der Waals surface area contributed by atoms with Gasteiger partial charge in [0.05, 0.1) is 29.6 Å². The number of rotatable bonds is 8. The van der Waals surface area contributed by atoms with Crippen LogP contribution in [0.2, 0.25) is 5.02 Å². The lowest BCUT2D eigenvalue weighted by molar-refractivity contribution is -0.121. The van der Waals surface area contributed by atoms with Crippen LogP contribution in [0.4, 0.5) is 4.39 Å². The number of sulfonamides is 1. The molecular formula is C19H22ClFN2O4S. The largest absolute Gasteiger partial charge is 0.495 e. The first kappa shape index (κ1) is 22.1. The lowest BCUT2D eigenvalue weighted by Crippen LogP contribution is -2.41. The number of hydrogen-bond donors (Lipinski definition) is 1. The van der Waals surface area contributed by atoms with Crippen LogP contribution in [0.25, 0.3) is 0 Å². The van der Waals surface area contributed by atoms with E-state index in [0.717, 1.165) is 4.31 Å². The molecule has 0 aromatic heterocycles. The fourth-order valence-electron chi connectivity index (χ4n) is 2.61. The normalized spacial score (nSPS) is 12.6. The maximum Gasteiger partial charge on any atom is 0.243 e. The number of nitrogens with zero attached hydrogens (tertiary/aromatic N) is 1. The Labute approximate surface area is 169 Å². The highest BCUT2D eigenvalue weighted by Crippen LogP contribution is 2.28. The molecule has 0 spiro atoms. The Bertz CT molecular complexity index is 935. The molecule has 152 valence electrons. The highest BCUT2D eigenvalue weighted by atomic mass is 35.5. The van der Waals surface area contributed by atoms with Crippen LogP contribution >= 0.6 is 11.6 Å². The third-order valence-corrected chi connectivity index (χ3v) is 6.39. The molecule has 0 bridgehead atoms. The second kappa shape index (κ2) is 9.36. The molecule has 2 aromatic carbocycles. The van der Waals surface area contributed by atoms with Gasteiger partial charge in [-0.05, 0) is 42.8 Å². The van der Waals surface area contributed by atoms with E-state index in [9.17, 15) is 17.6 Å². The highest BCUT2D eigenvalue weighted by Gasteiger charge is 2.26. The first-order chi connectivity index (χ1) is 13.2.